The molecule has 1 amide bonds. The first-order valence-corrected chi connectivity index (χ1v) is 6.02. The Balaban J connectivity index is 2.24. The summed E-state index contributed by atoms with van der Waals surface area (Å²) < 4.78 is 5.11. The largest absolute Gasteiger partial charge is 0.504 e. The van der Waals surface area contributed by atoms with Gasteiger partial charge in [-0.05, 0) is 12.1 Å². The molecule has 1 aliphatic heterocycles. The van der Waals surface area contributed by atoms with Gasteiger partial charge in [0.25, 0.3) is 5.91 Å². The number of hydrogen-bond donors (Lipinski definition) is 3. The summed E-state index contributed by atoms with van der Waals surface area (Å²) in [7, 11) is 1.45. The van der Waals surface area contributed by atoms with Crippen LogP contribution in [0.15, 0.2) is 18.2 Å². The van der Waals surface area contributed by atoms with E-state index in [1.54, 1.807) is 0 Å². The lowest BCUT2D eigenvalue weighted by molar-refractivity contribution is -0.142. The minimum atomic E-state index is -1.03. The molecule has 0 radical (unpaired) electrons. The van der Waals surface area contributed by atoms with Crippen molar-refractivity contribution >= 4 is 11.9 Å². The molecule has 3 N–H and O–H groups in total. The minimum Gasteiger partial charge on any atom is -0.504 e. The molecule has 1 heterocycles. The van der Waals surface area contributed by atoms with Crippen molar-refractivity contribution in [1.29, 1.82) is 0 Å². The molecule has 1 aromatic carbocycles. The van der Waals surface area contributed by atoms with Crippen LogP contribution in [0.1, 0.15) is 10.4 Å². The van der Waals surface area contributed by atoms with Crippen LogP contribution in [-0.2, 0) is 9.53 Å². The molecule has 2 rings (SSSR count). The number of ether oxygens (including phenoxy) is 1. The predicted octanol–water partition coefficient (Wildman–Crippen LogP) is 0.269. The number of aliphatic carboxylic acids is 1. The zero-order valence-corrected chi connectivity index (χ0v) is 10.8. The molecular weight excluding hydrogens is 266 g/mol. The number of phenols is 2. The maximum Gasteiger partial charge on any atom is 0.311 e. The zero-order chi connectivity index (χ0) is 14.9. The molecule has 1 saturated heterocycles. The molecule has 108 valence electrons. The number of benzene rings is 1. The molecule has 0 aliphatic carbocycles. The van der Waals surface area contributed by atoms with Crippen LogP contribution in [0, 0.1) is 5.92 Å². The number of nitrogens with zero attached hydrogens (tertiary/aromatic N) is 1. The molecule has 1 aromatic rings. The van der Waals surface area contributed by atoms with Gasteiger partial charge in [0.05, 0.1) is 24.8 Å². The molecule has 0 spiro atoms. The highest BCUT2D eigenvalue weighted by molar-refractivity contribution is 5.98. The van der Waals surface area contributed by atoms with E-state index >= 15 is 0 Å². The van der Waals surface area contributed by atoms with Gasteiger partial charge in [0.15, 0.2) is 11.5 Å². The van der Waals surface area contributed by atoms with Gasteiger partial charge in [-0.1, -0.05) is 6.07 Å². The third-order valence-electron chi connectivity index (χ3n) is 3.43. The maximum absolute atomic E-state index is 12.3. The minimum absolute atomic E-state index is 0.0453. The highest BCUT2D eigenvalue weighted by Gasteiger charge is 2.39. The van der Waals surface area contributed by atoms with Crippen molar-refractivity contribution in [2.24, 2.45) is 5.92 Å². The summed E-state index contributed by atoms with van der Waals surface area (Å²) in [5.41, 5.74) is -0.0801. The number of carboxylic acid groups (broad SMARTS) is 1. The highest BCUT2D eigenvalue weighted by atomic mass is 16.5. The summed E-state index contributed by atoms with van der Waals surface area (Å²) >= 11 is 0. The Hall–Kier alpha value is -2.28. The van der Waals surface area contributed by atoms with Crippen molar-refractivity contribution in [3.63, 3.8) is 0 Å². The van der Waals surface area contributed by atoms with Gasteiger partial charge in [0.2, 0.25) is 0 Å². The molecule has 0 saturated carbocycles. The third-order valence-corrected chi connectivity index (χ3v) is 3.43. The van der Waals surface area contributed by atoms with E-state index in [1.165, 1.54) is 30.1 Å². The van der Waals surface area contributed by atoms with Gasteiger partial charge in [0.1, 0.15) is 5.92 Å². The normalized spacial score (nSPS) is 21.6. The Labute approximate surface area is 115 Å². The third kappa shape index (κ3) is 2.39. The molecular formula is C13H15NO6. The lowest BCUT2D eigenvalue weighted by atomic mass is 10.0. The highest BCUT2D eigenvalue weighted by Crippen LogP contribution is 2.30. The van der Waals surface area contributed by atoms with Gasteiger partial charge < -0.3 is 25.0 Å². The first-order chi connectivity index (χ1) is 9.43. The number of rotatable bonds is 3. The molecule has 20 heavy (non-hydrogen) atoms. The number of phenolic OH excluding ortho intramolecular Hbond substituents is 2. The van der Waals surface area contributed by atoms with E-state index in [0.29, 0.717) is 0 Å². The standard InChI is InChI=1S/C13H15NO6/c1-14(9-6-20-5-8(9)13(18)19)12(17)7-3-2-4-10(15)11(7)16/h2-4,8-9,15-16H,5-6H2,1H3,(H,18,19). The Morgan fingerprint density at radius 2 is 2.00 bits per heavy atom. The molecule has 7 heteroatoms. The van der Waals surface area contributed by atoms with E-state index in [2.05, 4.69) is 0 Å². The number of carbonyl (C=O) groups excluding carboxylic acids is 1. The van der Waals surface area contributed by atoms with E-state index in [0.717, 1.165) is 0 Å². The molecule has 2 unspecified atom stereocenters. The van der Waals surface area contributed by atoms with Crippen molar-refractivity contribution in [3.05, 3.63) is 23.8 Å². The van der Waals surface area contributed by atoms with Crippen LogP contribution in [0.5, 0.6) is 11.5 Å². The van der Waals surface area contributed by atoms with Crippen LogP contribution in [0.3, 0.4) is 0 Å². The van der Waals surface area contributed by atoms with Crippen LogP contribution in [0.2, 0.25) is 0 Å². The van der Waals surface area contributed by atoms with Crippen molar-refractivity contribution in [2.45, 2.75) is 6.04 Å². The second-order valence-electron chi connectivity index (χ2n) is 4.64. The van der Waals surface area contributed by atoms with Crippen LogP contribution in [0.25, 0.3) is 0 Å². The summed E-state index contributed by atoms with van der Waals surface area (Å²) in [4.78, 5) is 24.6. The van der Waals surface area contributed by atoms with Crippen LogP contribution >= 0.6 is 0 Å². The van der Waals surface area contributed by atoms with E-state index in [4.69, 9.17) is 9.84 Å². The zero-order valence-electron chi connectivity index (χ0n) is 10.8. The molecule has 1 fully saturated rings. The Bertz CT molecular complexity index is 544. The van der Waals surface area contributed by atoms with Crippen molar-refractivity contribution in [3.8, 4) is 11.5 Å². The van der Waals surface area contributed by atoms with Gasteiger partial charge >= 0.3 is 5.97 Å². The summed E-state index contributed by atoms with van der Waals surface area (Å²) in [6.45, 7) is 0.169. The Kier molecular flexibility index (Phi) is 3.80. The molecule has 1 aliphatic rings. The Morgan fingerprint density at radius 1 is 1.30 bits per heavy atom. The summed E-state index contributed by atoms with van der Waals surface area (Å²) in [5.74, 6) is -3.33. The van der Waals surface area contributed by atoms with E-state index in [9.17, 15) is 19.8 Å². The SMILES string of the molecule is CN(C(=O)c1cccc(O)c1O)C1COCC1C(=O)O. The summed E-state index contributed by atoms with van der Waals surface area (Å²) in [6, 6.07) is 3.43. The van der Waals surface area contributed by atoms with Crippen molar-refractivity contribution in [1.82, 2.24) is 4.90 Å². The van der Waals surface area contributed by atoms with Gasteiger partial charge in [-0.3, -0.25) is 9.59 Å². The quantitative estimate of drug-likeness (QED) is 0.686. The number of carbonyl (C=O) groups is 2. The molecule has 0 aromatic heterocycles. The number of aromatic hydroxyl groups is 2. The van der Waals surface area contributed by atoms with Crippen LogP contribution in [-0.4, -0.2) is 58.4 Å². The molecule has 7 nitrogen and oxygen atoms in total. The number of hydrogen-bond acceptors (Lipinski definition) is 5. The fourth-order valence-electron chi connectivity index (χ4n) is 2.21. The fraction of sp³-hybridized carbons (Fsp3) is 0.385. The van der Waals surface area contributed by atoms with Gasteiger partial charge in [0, 0.05) is 7.05 Å². The molecule has 0 bridgehead atoms. The van der Waals surface area contributed by atoms with E-state index in [-0.39, 0.29) is 18.8 Å². The monoisotopic (exact) mass is 281 g/mol. The smallest absolute Gasteiger partial charge is 0.311 e. The van der Waals surface area contributed by atoms with Crippen LogP contribution < -0.4 is 0 Å². The maximum atomic E-state index is 12.3. The van der Waals surface area contributed by atoms with E-state index in [1.807, 2.05) is 0 Å². The lowest BCUT2D eigenvalue weighted by Gasteiger charge is -2.26. The van der Waals surface area contributed by atoms with Gasteiger partial charge in [-0.2, -0.15) is 0 Å². The molecule has 2 atom stereocenters. The first kappa shape index (κ1) is 14.1. The second-order valence-corrected chi connectivity index (χ2v) is 4.64. The number of para-hydroxylation sites is 1. The first-order valence-electron chi connectivity index (χ1n) is 6.02. The van der Waals surface area contributed by atoms with Crippen molar-refractivity contribution < 1.29 is 29.6 Å². The van der Waals surface area contributed by atoms with E-state index < -0.39 is 35.3 Å². The van der Waals surface area contributed by atoms with Crippen LogP contribution in [0.4, 0.5) is 0 Å². The predicted molar refractivity (Wildman–Crippen MR) is 67.6 cm³/mol. The lowest BCUT2D eigenvalue weighted by Crippen LogP contribution is -2.44. The van der Waals surface area contributed by atoms with Crippen molar-refractivity contribution in [2.75, 3.05) is 20.3 Å². The number of likely N-dealkylation sites (N-methyl/N-ethyl adjacent to an activating group) is 1. The van der Waals surface area contributed by atoms with Gasteiger partial charge in [-0.25, -0.2) is 0 Å². The topological polar surface area (TPSA) is 107 Å². The fourth-order valence-corrected chi connectivity index (χ4v) is 2.21. The number of amides is 1. The Morgan fingerprint density at radius 3 is 2.65 bits per heavy atom. The summed E-state index contributed by atoms with van der Waals surface area (Å²) in [5, 5.41) is 28.2. The number of carboxylic acids is 1. The average Bonchev–Trinajstić information content (AvgIpc) is 2.89. The van der Waals surface area contributed by atoms with Gasteiger partial charge in [-0.15, -0.1) is 0 Å². The average molecular weight is 281 g/mol. The summed E-state index contributed by atoms with van der Waals surface area (Å²) in [6.07, 6.45) is 0. The second kappa shape index (κ2) is 5.38.